The predicted octanol–water partition coefficient (Wildman–Crippen LogP) is 1.96. The van der Waals surface area contributed by atoms with Crippen LogP contribution in [0.1, 0.15) is 46.5 Å². The molecule has 0 amide bonds. The molecule has 1 aliphatic carbocycles. The van der Waals surface area contributed by atoms with Crippen molar-refractivity contribution in [3.8, 4) is 0 Å². The molecule has 4 nitrogen and oxygen atoms in total. The first-order valence-electron chi connectivity index (χ1n) is 8.21. The summed E-state index contributed by atoms with van der Waals surface area (Å²) in [4.78, 5) is 0. The fourth-order valence-electron chi connectivity index (χ4n) is 3.07. The van der Waals surface area contributed by atoms with E-state index in [0.717, 1.165) is 25.4 Å². The zero-order valence-electron chi connectivity index (χ0n) is 13.2. The molecular formula is C16H31NO3. The second-order valence-corrected chi connectivity index (χ2v) is 6.90. The average Bonchev–Trinajstić information content (AvgIpc) is 3.12. The van der Waals surface area contributed by atoms with Crippen molar-refractivity contribution in [3.63, 3.8) is 0 Å². The molecule has 2 rings (SSSR count). The maximum atomic E-state index is 10.0. The van der Waals surface area contributed by atoms with Gasteiger partial charge in [0.15, 0.2) is 0 Å². The molecule has 2 aliphatic rings. The highest BCUT2D eigenvalue weighted by Crippen LogP contribution is 2.38. The van der Waals surface area contributed by atoms with Crippen molar-refractivity contribution in [2.45, 2.75) is 70.8 Å². The Morgan fingerprint density at radius 2 is 2.00 bits per heavy atom. The van der Waals surface area contributed by atoms with E-state index in [1.807, 2.05) is 0 Å². The van der Waals surface area contributed by atoms with Crippen LogP contribution in [-0.4, -0.2) is 49.2 Å². The van der Waals surface area contributed by atoms with Gasteiger partial charge >= 0.3 is 0 Å². The van der Waals surface area contributed by atoms with Crippen molar-refractivity contribution in [3.05, 3.63) is 0 Å². The Morgan fingerprint density at radius 3 is 2.65 bits per heavy atom. The molecule has 20 heavy (non-hydrogen) atoms. The summed E-state index contributed by atoms with van der Waals surface area (Å²) >= 11 is 0. The highest BCUT2D eigenvalue weighted by atomic mass is 16.5. The first kappa shape index (κ1) is 16.2. The number of aliphatic hydroxyl groups excluding tert-OH is 1. The van der Waals surface area contributed by atoms with E-state index >= 15 is 0 Å². The van der Waals surface area contributed by atoms with E-state index in [2.05, 4.69) is 26.1 Å². The highest BCUT2D eigenvalue weighted by Gasteiger charge is 2.40. The summed E-state index contributed by atoms with van der Waals surface area (Å²) in [6.07, 6.45) is 4.90. The van der Waals surface area contributed by atoms with Gasteiger partial charge in [0.2, 0.25) is 0 Å². The minimum atomic E-state index is -0.426. The number of aliphatic hydroxyl groups is 1. The summed E-state index contributed by atoms with van der Waals surface area (Å²) in [5.74, 6) is 1.39. The van der Waals surface area contributed by atoms with Gasteiger partial charge in [-0.1, -0.05) is 13.8 Å². The van der Waals surface area contributed by atoms with Gasteiger partial charge < -0.3 is 19.9 Å². The molecule has 4 atom stereocenters. The van der Waals surface area contributed by atoms with Gasteiger partial charge in [0.1, 0.15) is 0 Å². The molecule has 1 saturated heterocycles. The number of hydrogen-bond acceptors (Lipinski definition) is 4. The Balaban J connectivity index is 1.58. The fourth-order valence-corrected chi connectivity index (χ4v) is 3.07. The lowest BCUT2D eigenvalue weighted by Crippen LogP contribution is -2.42. The Labute approximate surface area is 123 Å². The van der Waals surface area contributed by atoms with Gasteiger partial charge in [0.25, 0.3) is 0 Å². The zero-order valence-corrected chi connectivity index (χ0v) is 13.2. The van der Waals surface area contributed by atoms with Gasteiger partial charge in [-0.25, -0.2) is 0 Å². The van der Waals surface area contributed by atoms with E-state index in [0.29, 0.717) is 31.2 Å². The molecule has 1 aliphatic heterocycles. The van der Waals surface area contributed by atoms with Crippen molar-refractivity contribution in [2.24, 2.45) is 11.8 Å². The van der Waals surface area contributed by atoms with Gasteiger partial charge in [-0.3, -0.25) is 0 Å². The van der Waals surface area contributed by atoms with E-state index in [-0.39, 0.29) is 6.10 Å². The van der Waals surface area contributed by atoms with Crippen LogP contribution in [0, 0.1) is 11.8 Å². The molecule has 2 N–H and O–H groups in total. The van der Waals surface area contributed by atoms with Crippen LogP contribution in [0.4, 0.5) is 0 Å². The molecule has 0 aromatic heterocycles. The quantitative estimate of drug-likeness (QED) is 0.680. The smallest absolute Gasteiger partial charge is 0.0897 e. The molecule has 0 aromatic carbocycles. The predicted molar refractivity (Wildman–Crippen MR) is 79.7 cm³/mol. The van der Waals surface area contributed by atoms with Gasteiger partial charge in [-0.15, -0.1) is 0 Å². The van der Waals surface area contributed by atoms with E-state index in [4.69, 9.17) is 9.47 Å². The SMILES string of the molecule is CC(C)CC(C)OCC(O)CNC1CCOC1C1CC1. The fraction of sp³-hybridized carbons (Fsp3) is 1.00. The van der Waals surface area contributed by atoms with Crippen LogP contribution < -0.4 is 5.32 Å². The van der Waals surface area contributed by atoms with Gasteiger partial charge in [0.05, 0.1) is 24.9 Å². The minimum Gasteiger partial charge on any atom is -0.389 e. The van der Waals surface area contributed by atoms with Crippen LogP contribution in [0.25, 0.3) is 0 Å². The molecule has 118 valence electrons. The Hall–Kier alpha value is -0.160. The van der Waals surface area contributed by atoms with Gasteiger partial charge in [-0.2, -0.15) is 0 Å². The second kappa shape index (κ2) is 7.74. The van der Waals surface area contributed by atoms with Crippen molar-refractivity contribution in [1.29, 1.82) is 0 Å². The molecule has 2 fully saturated rings. The Morgan fingerprint density at radius 1 is 1.25 bits per heavy atom. The molecule has 4 heteroatoms. The molecular weight excluding hydrogens is 254 g/mol. The normalized spacial score (nSPS) is 29.9. The molecule has 1 heterocycles. The molecule has 0 spiro atoms. The molecule has 4 unspecified atom stereocenters. The van der Waals surface area contributed by atoms with Crippen LogP contribution in [0.3, 0.4) is 0 Å². The van der Waals surface area contributed by atoms with Crippen molar-refractivity contribution in [2.75, 3.05) is 19.8 Å². The summed E-state index contributed by atoms with van der Waals surface area (Å²) in [6, 6.07) is 0.422. The largest absolute Gasteiger partial charge is 0.389 e. The van der Waals surface area contributed by atoms with Gasteiger partial charge in [-0.05, 0) is 44.4 Å². The number of rotatable bonds is 9. The van der Waals surface area contributed by atoms with E-state index in [9.17, 15) is 5.11 Å². The van der Waals surface area contributed by atoms with E-state index in [1.54, 1.807) is 0 Å². The number of nitrogens with one attached hydrogen (secondary N) is 1. The molecule has 1 saturated carbocycles. The highest BCUT2D eigenvalue weighted by molar-refractivity contribution is 4.93. The van der Waals surface area contributed by atoms with Crippen LogP contribution in [0.2, 0.25) is 0 Å². The maximum Gasteiger partial charge on any atom is 0.0897 e. The third-order valence-corrected chi connectivity index (χ3v) is 4.21. The number of ether oxygens (including phenoxy) is 2. The van der Waals surface area contributed by atoms with Gasteiger partial charge in [0, 0.05) is 19.2 Å². The summed E-state index contributed by atoms with van der Waals surface area (Å²) in [5.41, 5.74) is 0. The Bertz CT molecular complexity index is 281. The zero-order chi connectivity index (χ0) is 14.5. The summed E-state index contributed by atoms with van der Waals surface area (Å²) in [5, 5.41) is 13.5. The summed E-state index contributed by atoms with van der Waals surface area (Å²) < 4.78 is 11.5. The van der Waals surface area contributed by atoms with E-state index < -0.39 is 6.10 Å². The van der Waals surface area contributed by atoms with Crippen LogP contribution >= 0.6 is 0 Å². The molecule has 0 bridgehead atoms. The minimum absolute atomic E-state index is 0.221. The van der Waals surface area contributed by atoms with Crippen LogP contribution in [0.15, 0.2) is 0 Å². The van der Waals surface area contributed by atoms with Crippen molar-refractivity contribution >= 4 is 0 Å². The summed E-state index contributed by atoms with van der Waals surface area (Å²) in [7, 11) is 0. The average molecular weight is 285 g/mol. The van der Waals surface area contributed by atoms with Crippen molar-refractivity contribution in [1.82, 2.24) is 5.32 Å². The topological polar surface area (TPSA) is 50.7 Å². The lowest BCUT2D eigenvalue weighted by Gasteiger charge is -2.22. The summed E-state index contributed by atoms with van der Waals surface area (Å²) in [6.45, 7) is 8.34. The lowest BCUT2D eigenvalue weighted by molar-refractivity contribution is -0.0105. The monoisotopic (exact) mass is 285 g/mol. The maximum absolute atomic E-state index is 10.0. The first-order valence-corrected chi connectivity index (χ1v) is 8.21. The van der Waals surface area contributed by atoms with E-state index in [1.165, 1.54) is 12.8 Å². The first-order chi connectivity index (χ1) is 9.56. The number of hydrogen-bond donors (Lipinski definition) is 2. The van der Waals surface area contributed by atoms with Crippen LogP contribution in [0.5, 0.6) is 0 Å². The third kappa shape index (κ3) is 5.32. The Kier molecular flexibility index (Phi) is 6.27. The molecule has 0 radical (unpaired) electrons. The van der Waals surface area contributed by atoms with Crippen LogP contribution in [-0.2, 0) is 9.47 Å². The standard InChI is InChI=1S/C16H31NO3/c1-11(2)8-12(3)20-10-14(18)9-17-15-6-7-19-16(15)13-4-5-13/h11-18H,4-10H2,1-3H3. The lowest BCUT2D eigenvalue weighted by atomic mass is 10.1. The third-order valence-electron chi connectivity index (χ3n) is 4.21. The second-order valence-electron chi connectivity index (χ2n) is 6.90. The van der Waals surface area contributed by atoms with Crippen molar-refractivity contribution < 1.29 is 14.6 Å². The molecule has 0 aromatic rings.